The molecular formula is C12H15FN2O. The van der Waals surface area contributed by atoms with Gasteiger partial charge in [0.05, 0.1) is 11.0 Å². The van der Waals surface area contributed by atoms with Gasteiger partial charge in [-0.15, -0.1) is 0 Å². The maximum absolute atomic E-state index is 13.0. The third-order valence-corrected chi connectivity index (χ3v) is 2.49. The molecule has 0 aliphatic heterocycles. The first-order valence-electron chi connectivity index (χ1n) is 5.32. The molecule has 0 bridgehead atoms. The highest BCUT2D eigenvalue weighted by molar-refractivity contribution is 5.74. The number of rotatable bonds is 4. The van der Waals surface area contributed by atoms with Gasteiger partial charge < -0.3 is 9.72 Å². The molecule has 2 rings (SSSR count). The predicted octanol–water partition coefficient (Wildman–Crippen LogP) is 2.53. The van der Waals surface area contributed by atoms with Gasteiger partial charge in [-0.2, -0.15) is 0 Å². The molecule has 0 radical (unpaired) electrons. The van der Waals surface area contributed by atoms with Gasteiger partial charge in [0.2, 0.25) is 0 Å². The number of fused-ring (bicyclic) bond motifs is 1. The van der Waals surface area contributed by atoms with Crippen molar-refractivity contribution in [2.24, 2.45) is 5.92 Å². The van der Waals surface area contributed by atoms with Crippen LogP contribution in [0.5, 0.6) is 0 Å². The first-order valence-corrected chi connectivity index (χ1v) is 5.32. The molecular weight excluding hydrogens is 207 g/mol. The highest BCUT2D eigenvalue weighted by Gasteiger charge is 2.08. The second-order valence-corrected chi connectivity index (χ2v) is 4.11. The molecule has 1 atom stereocenters. The number of aromatic nitrogens is 2. The van der Waals surface area contributed by atoms with Crippen molar-refractivity contribution in [1.29, 1.82) is 0 Å². The van der Waals surface area contributed by atoms with Crippen molar-refractivity contribution in [3.8, 4) is 0 Å². The minimum absolute atomic E-state index is 0.243. The van der Waals surface area contributed by atoms with E-state index in [9.17, 15) is 4.39 Å². The largest absolute Gasteiger partial charge is 0.384 e. The highest BCUT2D eigenvalue weighted by atomic mass is 19.1. The van der Waals surface area contributed by atoms with Crippen LogP contribution in [0.4, 0.5) is 4.39 Å². The monoisotopic (exact) mass is 222 g/mol. The SMILES string of the molecule is COCC(C)Cc1nc2ccc(F)cc2[nH]1. The van der Waals surface area contributed by atoms with Crippen LogP contribution in [0.3, 0.4) is 0 Å². The Hall–Kier alpha value is -1.42. The molecule has 86 valence electrons. The summed E-state index contributed by atoms with van der Waals surface area (Å²) in [6.07, 6.45) is 0.810. The van der Waals surface area contributed by atoms with E-state index in [1.54, 1.807) is 13.2 Å². The molecule has 1 aromatic carbocycles. The molecule has 1 heterocycles. The maximum Gasteiger partial charge on any atom is 0.125 e. The summed E-state index contributed by atoms with van der Waals surface area (Å²) in [6, 6.07) is 4.57. The molecule has 1 aromatic heterocycles. The molecule has 0 aliphatic carbocycles. The van der Waals surface area contributed by atoms with Crippen molar-refractivity contribution in [3.05, 3.63) is 29.8 Å². The third-order valence-electron chi connectivity index (χ3n) is 2.49. The van der Waals surface area contributed by atoms with Crippen LogP contribution in [0, 0.1) is 11.7 Å². The lowest BCUT2D eigenvalue weighted by Gasteiger charge is -2.06. The topological polar surface area (TPSA) is 37.9 Å². The number of hydrogen-bond donors (Lipinski definition) is 1. The summed E-state index contributed by atoms with van der Waals surface area (Å²) in [5, 5.41) is 0. The van der Waals surface area contributed by atoms with E-state index in [-0.39, 0.29) is 5.82 Å². The fourth-order valence-electron chi connectivity index (χ4n) is 1.80. The van der Waals surface area contributed by atoms with Crippen molar-refractivity contribution in [1.82, 2.24) is 9.97 Å². The number of imidazole rings is 1. The van der Waals surface area contributed by atoms with Gasteiger partial charge in [-0.25, -0.2) is 9.37 Å². The van der Waals surface area contributed by atoms with Crippen LogP contribution < -0.4 is 0 Å². The summed E-state index contributed by atoms with van der Waals surface area (Å²) in [5.74, 6) is 1.04. The number of nitrogens with one attached hydrogen (secondary N) is 1. The Kier molecular flexibility index (Phi) is 3.19. The van der Waals surface area contributed by atoms with Crippen molar-refractivity contribution < 1.29 is 9.13 Å². The molecule has 16 heavy (non-hydrogen) atoms. The number of nitrogens with zero attached hydrogens (tertiary/aromatic N) is 1. The van der Waals surface area contributed by atoms with Gasteiger partial charge in [0, 0.05) is 20.1 Å². The molecule has 0 saturated carbocycles. The molecule has 0 fully saturated rings. The molecule has 2 aromatic rings. The number of hydrogen-bond acceptors (Lipinski definition) is 2. The van der Waals surface area contributed by atoms with Gasteiger partial charge in [0.15, 0.2) is 0 Å². The molecule has 0 aliphatic rings. The molecule has 3 nitrogen and oxygen atoms in total. The molecule has 0 amide bonds. The summed E-state index contributed by atoms with van der Waals surface area (Å²) in [7, 11) is 1.69. The number of aromatic amines is 1. The zero-order valence-corrected chi connectivity index (χ0v) is 9.46. The average Bonchev–Trinajstić information content (AvgIpc) is 2.59. The Bertz CT molecular complexity index is 481. The van der Waals surface area contributed by atoms with E-state index in [1.807, 2.05) is 0 Å². The van der Waals surface area contributed by atoms with Crippen LogP contribution in [0.15, 0.2) is 18.2 Å². The summed E-state index contributed by atoms with van der Waals surface area (Å²) in [5.41, 5.74) is 1.56. The van der Waals surface area contributed by atoms with Crippen molar-refractivity contribution in [2.75, 3.05) is 13.7 Å². The van der Waals surface area contributed by atoms with E-state index < -0.39 is 0 Å². The fraction of sp³-hybridized carbons (Fsp3) is 0.417. The Labute approximate surface area is 93.6 Å². The number of methoxy groups -OCH3 is 1. The van der Waals surface area contributed by atoms with Crippen LogP contribution in [-0.4, -0.2) is 23.7 Å². The lowest BCUT2D eigenvalue weighted by Crippen LogP contribution is -2.07. The van der Waals surface area contributed by atoms with Crippen LogP contribution in [0.1, 0.15) is 12.7 Å². The summed E-state index contributed by atoms with van der Waals surface area (Å²) in [6.45, 7) is 2.79. The lowest BCUT2D eigenvalue weighted by atomic mass is 10.1. The van der Waals surface area contributed by atoms with E-state index in [0.717, 1.165) is 23.3 Å². The van der Waals surface area contributed by atoms with Gasteiger partial charge in [-0.05, 0) is 24.1 Å². The summed E-state index contributed by atoms with van der Waals surface area (Å²) < 4.78 is 18.0. The Morgan fingerprint density at radius 2 is 2.31 bits per heavy atom. The standard InChI is InChI=1S/C12H15FN2O/c1-8(7-16-2)5-12-14-10-4-3-9(13)6-11(10)15-12/h3-4,6,8H,5,7H2,1-2H3,(H,14,15). The molecule has 1 N–H and O–H groups in total. The molecule has 0 spiro atoms. The Morgan fingerprint density at radius 1 is 1.50 bits per heavy atom. The van der Waals surface area contributed by atoms with Crippen LogP contribution in [0.25, 0.3) is 11.0 Å². The first-order chi connectivity index (χ1) is 7.69. The van der Waals surface area contributed by atoms with Crippen molar-refractivity contribution in [3.63, 3.8) is 0 Å². The molecule has 0 saturated heterocycles. The smallest absolute Gasteiger partial charge is 0.125 e. The minimum atomic E-state index is -0.243. The summed E-state index contributed by atoms with van der Waals surface area (Å²) >= 11 is 0. The number of benzene rings is 1. The fourth-order valence-corrected chi connectivity index (χ4v) is 1.80. The Balaban J connectivity index is 2.19. The molecule has 4 heteroatoms. The number of ether oxygens (including phenoxy) is 1. The number of halogens is 1. The quantitative estimate of drug-likeness (QED) is 0.863. The van der Waals surface area contributed by atoms with E-state index in [2.05, 4.69) is 16.9 Å². The number of H-pyrrole nitrogens is 1. The minimum Gasteiger partial charge on any atom is -0.384 e. The van der Waals surface area contributed by atoms with Crippen LogP contribution in [-0.2, 0) is 11.2 Å². The average molecular weight is 222 g/mol. The highest BCUT2D eigenvalue weighted by Crippen LogP contribution is 2.15. The second-order valence-electron chi connectivity index (χ2n) is 4.11. The zero-order chi connectivity index (χ0) is 11.5. The van der Waals surface area contributed by atoms with Gasteiger partial charge >= 0.3 is 0 Å². The van der Waals surface area contributed by atoms with Crippen molar-refractivity contribution >= 4 is 11.0 Å². The summed E-state index contributed by atoms with van der Waals surface area (Å²) in [4.78, 5) is 7.52. The van der Waals surface area contributed by atoms with E-state index in [4.69, 9.17) is 4.74 Å². The van der Waals surface area contributed by atoms with E-state index >= 15 is 0 Å². The maximum atomic E-state index is 13.0. The van der Waals surface area contributed by atoms with Crippen molar-refractivity contribution in [2.45, 2.75) is 13.3 Å². The van der Waals surface area contributed by atoms with Gasteiger partial charge in [0.25, 0.3) is 0 Å². The third kappa shape index (κ3) is 2.39. The normalized spacial score (nSPS) is 13.2. The zero-order valence-electron chi connectivity index (χ0n) is 9.46. The van der Waals surface area contributed by atoms with E-state index in [1.165, 1.54) is 12.1 Å². The van der Waals surface area contributed by atoms with Gasteiger partial charge in [-0.1, -0.05) is 6.92 Å². The lowest BCUT2D eigenvalue weighted by molar-refractivity contribution is 0.159. The van der Waals surface area contributed by atoms with Gasteiger partial charge in [-0.3, -0.25) is 0 Å². The molecule has 1 unspecified atom stereocenters. The first kappa shape index (κ1) is 11.1. The van der Waals surface area contributed by atoms with Crippen LogP contribution >= 0.6 is 0 Å². The van der Waals surface area contributed by atoms with Gasteiger partial charge in [0.1, 0.15) is 11.6 Å². The van der Waals surface area contributed by atoms with E-state index in [0.29, 0.717) is 12.5 Å². The van der Waals surface area contributed by atoms with Crippen LogP contribution in [0.2, 0.25) is 0 Å². The second kappa shape index (κ2) is 4.61. The predicted molar refractivity (Wildman–Crippen MR) is 60.8 cm³/mol. The Morgan fingerprint density at radius 3 is 3.06 bits per heavy atom.